The number of methoxy groups -OCH3 is 1. The highest BCUT2D eigenvalue weighted by molar-refractivity contribution is 5.67. The summed E-state index contributed by atoms with van der Waals surface area (Å²) in [7, 11) is 1.58. The largest absolute Gasteiger partial charge is 0.496 e. The standard InChI is InChI=1S/C10H10N4O/c1-15-9-4-7(11)2-3-8(9)10-13-5-12-6-14-10/h2-6H,11H2,1H3. The second-order valence-electron chi connectivity index (χ2n) is 2.92. The van der Waals surface area contributed by atoms with Crippen molar-refractivity contribution in [3.05, 3.63) is 30.9 Å². The molecule has 1 aromatic heterocycles. The molecule has 76 valence electrons. The monoisotopic (exact) mass is 202 g/mol. The number of ether oxygens (including phenoxy) is 1. The zero-order chi connectivity index (χ0) is 10.7. The highest BCUT2D eigenvalue weighted by Crippen LogP contribution is 2.28. The lowest BCUT2D eigenvalue weighted by molar-refractivity contribution is 0.416. The van der Waals surface area contributed by atoms with Crippen molar-refractivity contribution in [1.29, 1.82) is 0 Å². The van der Waals surface area contributed by atoms with Gasteiger partial charge in [-0.3, -0.25) is 0 Å². The number of rotatable bonds is 2. The van der Waals surface area contributed by atoms with Gasteiger partial charge in [0.05, 0.1) is 12.7 Å². The van der Waals surface area contributed by atoms with E-state index in [-0.39, 0.29) is 0 Å². The summed E-state index contributed by atoms with van der Waals surface area (Å²) in [6.45, 7) is 0. The second-order valence-corrected chi connectivity index (χ2v) is 2.92. The molecule has 0 saturated carbocycles. The Balaban J connectivity index is 2.53. The topological polar surface area (TPSA) is 73.9 Å². The van der Waals surface area contributed by atoms with E-state index in [9.17, 15) is 0 Å². The van der Waals surface area contributed by atoms with Crippen molar-refractivity contribution < 1.29 is 4.74 Å². The Hall–Kier alpha value is -2.17. The Bertz CT molecular complexity index is 458. The number of anilines is 1. The van der Waals surface area contributed by atoms with E-state index in [1.54, 1.807) is 19.2 Å². The Kier molecular flexibility index (Phi) is 2.45. The third-order valence-corrected chi connectivity index (χ3v) is 1.96. The van der Waals surface area contributed by atoms with Crippen LogP contribution in [-0.2, 0) is 0 Å². The van der Waals surface area contributed by atoms with Crippen LogP contribution >= 0.6 is 0 Å². The van der Waals surface area contributed by atoms with Crippen molar-refractivity contribution in [2.24, 2.45) is 0 Å². The molecular formula is C10H10N4O. The Morgan fingerprint density at radius 1 is 1.20 bits per heavy atom. The van der Waals surface area contributed by atoms with Crippen LogP contribution in [0.3, 0.4) is 0 Å². The van der Waals surface area contributed by atoms with Gasteiger partial charge in [0.25, 0.3) is 0 Å². The Labute approximate surface area is 87.0 Å². The summed E-state index contributed by atoms with van der Waals surface area (Å²) < 4.78 is 5.20. The van der Waals surface area contributed by atoms with E-state index in [1.165, 1.54) is 12.7 Å². The molecule has 1 heterocycles. The third kappa shape index (κ3) is 1.85. The fourth-order valence-corrected chi connectivity index (χ4v) is 1.27. The molecule has 0 radical (unpaired) electrons. The maximum atomic E-state index is 5.65. The predicted octanol–water partition coefficient (Wildman–Crippen LogP) is 1.13. The van der Waals surface area contributed by atoms with Gasteiger partial charge in [-0.2, -0.15) is 0 Å². The van der Waals surface area contributed by atoms with Crippen LogP contribution < -0.4 is 10.5 Å². The van der Waals surface area contributed by atoms with Gasteiger partial charge in [0.15, 0.2) is 5.82 Å². The molecule has 0 aliphatic rings. The highest BCUT2D eigenvalue weighted by Gasteiger charge is 2.07. The molecule has 2 aromatic rings. The number of hydrogen-bond donors (Lipinski definition) is 1. The molecule has 2 rings (SSSR count). The number of nitrogens with two attached hydrogens (primary N) is 1. The number of benzene rings is 1. The smallest absolute Gasteiger partial charge is 0.166 e. The molecular weight excluding hydrogens is 192 g/mol. The minimum Gasteiger partial charge on any atom is -0.496 e. The second kappa shape index (κ2) is 3.91. The molecule has 0 fully saturated rings. The molecule has 0 amide bonds. The van der Waals surface area contributed by atoms with Crippen molar-refractivity contribution >= 4 is 5.69 Å². The van der Waals surface area contributed by atoms with Gasteiger partial charge in [0.1, 0.15) is 18.4 Å². The van der Waals surface area contributed by atoms with Gasteiger partial charge in [-0.05, 0) is 12.1 Å². The first-order chi connectivity index (χ1) is 7.31. The van der Waals surface area contributed by atoms with Crippen LogP contribution in [0.2, 0.25) is 0 Å². The SMILES string of the molecule is COc1cc(N)ccc1-c1ncncn1. The summed E-state index contributed by atoms with van der Waals surface area (Å²) in [4.78, 5) is 11.8. The lowest BCUT2D eigenvalue weighted by Gasteiger charge is -2.07. The third-order valence-electron chi connectivity index (χ3n) is 1.96. The first-order valence-corrected chi connectivity index (χ1v) is 4.37. The van der Waals surface area contributed by atoms with E-state index < -0.39 is 0 Å². The fraction of sp³-hybridized carbons (Fsp3) is 0.100. The van der Waals surface area contributed by atoms with Gasteiger partial charge in [-0.25, -0.2) is 15.0 Å². The summed E-state index contributed by atoms with van der Waals surface area (Å²) >= 11 is 0. The highest BCUT2D eigenvalue weighted by atomic mass is 16.5. The molecule has 0 atom stereocenters. The lowest BCUT2D eigenvalue weighted by Crippen LogP contribution is -1.94. The van der Waals surface area contributed by atoms with E-state index in [1.807, 2.05) is 6.07 Å². The van der Waals surface area contributed by atoms with E-state index in [0.717, 1.165) is 5.56 Å². The Morgan fingerprint density at radius 2 is 1.93 bits per heavy atom. The van der Waals surface area contributed by atoms with Crippen molar-refractivity contribution in [2.45, 2.75) is 0 Å². The molecule has 0 saturated heterocycles. The average molecular weight is 202 g/mol. The van der Waals surface area contributed by atoms with Crippen molar-refractivity contribution in [3.63, 3.8) is 0 Å². The van der Waals surface area contributed by atoms with Gasteiger partial charge in [0, 0.05) is 11.8 Å². The van der Waals surface area contributed by atoms with Crippen LogP contribution in [0.15, 0.2) is 30.9 Å². The molecule has 0 bridgehead atoms. The van der Waals surface area contributed by atoms with Crippen molar-refractivity contribution in [3.8, 4) is 17.1 Å². The summed E-state index contributed by atoms with van der Waals surface area (Å²) in [6, 6.07) is 5.34. The van der Waals surface area contributed by atoms with E-state index >= 15 is 0 Å². The quantitative estimate of drug-likeness (QED) is 0.739. The van der Waals surface area contributed by atoms with Gasteiger partial charge < -0.3 is 10.5 Å². The maximum absolute atomic E-state index is 5.65. The number of nitrogens with zero attached hydrogens (tertiary/aromatic N) is 3. The summed E-state index contributed by atoms with van der Waals surface area (Å²) in [5.41, 5.74) is 7.09. The molecule has 0 aliphatic heterocycles. The molecule has 0 unspecified atom stereocenters. The van der Waals surface area contributed by atoms with Crippen LogP contribution in [0.5, 0.6) is 5.75 Å². The van der Waals surface area contributed by atoms with Crippen LogP contribution in [0.4, 0.5) is 5.69 Å². The molecule has 15 heavy (non-hydrogen) atoms. The predicted molar refractivity (Wildman–Crippen MR) is 56.2 cm³/mol. The molecule has 0 aliphatic carbocycles. The summed E-state index contributed by atoms with van der Waals surface area (Å²) in [5, 5.41) is 0. The minimum atomic E-state index is 0.571. The normalized spacial score (nSPS) is 9.93. The Morgan fingerprint density at radius 3 is 2.60 bits per heavy atom. The van der Waals surface area contributed by atoms with Gasteiger partial charge >= 0.3 is 0 Å². The molecule has 0 spiro atoms. The van der Waals surface area contributed by atoms with Crippen LogP contribution in [0, 0.1) is 0 Å². The van der Waals surface area contributed by atoms with Crippen LogP contribution in [0.1, 0.15) is 0 Å². The molecule has 5 nitrogen and oxygen atoms in total. The maximum Gasteiger partial charge on any atom is 0.166 e. The van der Waals surface area contributed by atoms with E-state index in [2.05, 4.69) is 15.0 Å². The summed E-state index contributed by atoms with van der Waals surface area (Å²) in [6.07, 6.45) is 2.89. The molecule has 1 aromatic carbocycles. The first kappa shape index (κ1) is 9.39. The van der Waals surface area contributed by atoms with E-state index in [4.69, 9.17) is 10.5 Å². The van der Waals surface area contributed by atoms with Gasteiger partial charge in [-0.15, -0.1) is 0 Å². The zero-order valence-corrected chi connectivity index (χ0v) is 8.21. The minimum absolute atomic E-state index is 0.571. The molecule has 2 N–H and O–H groups in total. The van der Waals surface area contributed by atoms with Crippen molar-refractivity contribution in [1.82, 2.24) is 15.0 Å². The molecule has 5 heteroatoms. The van der Waals surface area contributed by atoms with Crippen molar-refractivity contribution in [2.75, 3.05) is 12.8 Å². The van der Waals surface area contributed by atoms with Crippen LogP contribution in [-0.4, -0.2) is 22.1 Å². The van der Waals surface area contributed by atoms with E-state index in [0.29, 0.717) is 17.3 Å². The van der Waals surface area contributed by atoms with Crippen LogP contribution in [0.25, 0.3) is 11.4 Å². The van der Waals surface area contributed by atoms with Gasteiger partial charge in [-0.1, -0.05) is 0 Å². The number of nitrogen functional groups attached to an aromatic ring is 1. The fourth-order valence-electron chi connectivity index (χ4n) is 1.27. The first-order valence-electron chi connectivity index (χ1n) is 4.37. The average Bonchev–Trinajstić information content (AvgIpc) is 2.30. The number of aromatic nitrogens is 3. The summed E-state index contributed by atoms with van der Waals surface area (Å²) in [5.74, 6) is 1.23. The lowest BCUT2D eigenvalue weighted by atomic mass is 10.1. The zero-order valence-electron chi connectivity index (χ0n) is 8.21. The number of hydrogen-bond acceptors (Lipinski definition) is 5. The van der Waals surface area contributed by atoms with Gasteiger partial charge in [0.2, 0.25) is 0 Å².